The molecule has 0 aliphatic carbocycles. The van der Waals surface area contributed by atoms with E-state index < -0.39 is 34.1 Å². The van der Waals surface area contributed by atoms with Gasteiger partial charge in [0.2, 0.25) is 0 Å². The number of halogens is 6. The Labute approximate surface area is 207 Å². The number of benzene rings is 2. The maximum atomic E-state index is 14.1. The highest BCUT2D eigenvalue weighted by atomic mass is 35.5. The second kappa shape index (κ2) is 9.43. The van der Waals surface area contributed by atoms with Gasteiger partial charge in [-0.25, -0.2) is 21.2 Å². The number of amides is 1. The van der Waals surface area contributed by atoms with Gasteiger partial charge in [0.15, 0.2) is 0 Å². The fourth-order valence-electron chi connectivity index (χ4n) is 4.11. The lowest BCUT2D eigenvalue weighted by atomic mass is 10.1. The molecular weight excluding hydrogens is 533 g/mol. The molecule has 0 atom stereocenters. The molecule has 0 saturated carbocycles. The van der Waals surface area contributed by atoms with E-state index in [-0.39, 0.29) is 52.7 Å². The van der Waals surface area contributed by atoms with Crippen LogP contribution in [0.5, 0.6) is 5.75 Å². The number of piperazine rings is 1. The van der Waals surface area contributed by atoms with Gasteiger partial charge in [0.05, 0.1) is 17.5 Å². The number of ether oxygens (including phenoxy) is 1. The average molecular weight is 552 g/mol. The van der Waals surface area contributed by atoms with E-state index in [1.807, 2.05) is 0 Å². The Kier molecular flexibility index (Phi) is 6.82. The van der Waals surface area contributed by atoms with Crippen molar-refractivity contribution < 1.29 is 39.9 Å². The van der Waals surface area contributed by atoms with Gasteiger partial charge in [-0.3, -0.25) is 4.79 Å². The van der Waals surface area contributed by atoms with Gasteiger partial charge in [-0.2, -0.15) is 13.2 Å². The molecule has 0 bridgehead atoms. The van der Waals surface area contributed by atoms with Crippen LogP contribution in [0.1, 0.15) is 12.0 Å². The molecule has 1 aliphatic heterocycles. The first-order valence-electron chi connectivity index (χ1n) is 10.5. The number of carbonyl (C=O) groups is 1. The van der Waals surface area contributed by atoms with Gasteiger partial charge >= 0.3 is 12.1 Å². The van der Waals surface area contributed by atoms with E-state index in [9.17, 15) is 35.2 Å². The summed E-state index contributed by atoms with van der Waals surface area (Å²) in [5, 5.41) is -0.0570. The van der Waals surface area contributed by atoms with E-state index in [2.05, 4.69) is 0 Å². The Bertz CT molecular complexity index is 1400. The first kappa shape index (κ1) is 26.0. The molecule has 0 spiro atoms. The number of carbonyl (C=O) groups excluding carboxylic acids is 1. The Morgan fingerprint density at radius 1 is 1.06 bits per heavy atom. The summed E-state index contributed by atoms with van der Waals surface area (Å²) < 4.78 is 99.0. The average Bonchev–Trinajstić information content (AvgIpc) is 3.23. The van der Waals surface area contributed by atoms with Gasteiger partial charge in [-0.15, -0.1) is 0 Å². The van der Waals surface area contributed by atoms with Crippen LogP contribution < -0.4 is 9.64 Å². The van der Waals surface area contributed by atoms with E-state index in [1.54, 1.807) is 0 Å². The number of rotatable bonds is 5. The van der Waals surface area contributed by atoms with Crippen molar-refractivity contribution in [3.63, 3.8) is 0 Å². The molecule has 0 N–H and O–H groups in total. The Morgan fingerprint density at radius 2 is 1.67 bits per heavy atom. The molecule has 1 aliphatic rings. The third-order valence-corrected chi connectivity index (χ3v) is 7.75. The quantitative estimate of drug-likeness (QED) is 0.430. The van der Waals surface area contributed by atoms with Gasteiger partial charge in [0, 0.05) is 54.0 Å². The molecule has 2 heterocycles. The summed E-state index contributed by atoms with van der Waals surface area (Å²) in [5.74, 6) is -1.59. The van der Waals surface area contributed by atoms with E-state index in [0.717, 1.165) is 6.20 Å². The Balaban J connectivity index is 1.79. The monoisotopic (exact) mass is 551 g/mol. The van der Waals surface area contributed by atoms with Crippen LogP contribution in [-0.4, -0.2) is 62.7 Å². The molecule has 3 aromatic rings. The van der Waals surface area contributed by atoms with Crippen LogP contribution in [0.15, 0.2) is 47.5 Å². The van der Waals surface area contributed by atoms with Crippen LogP contribution in [0.4, 0.5) is 27.6 Å². The van der Waals surface area contributed by atoms with Gasteiger partial charge < -0.3 is 14.5 Å². The summed E-state index contributed by atoms with van der Waals surface area (Å²) in [6.45, 7) is -0.810. The van der Waals surface area contributed by atoms with Gasteiger partial charge in [0.1, 0.15) is 5.75 Å². The lowest BCUT2D eigenvalue weighted by molar-refractivity contribution is -0.185. The molecule has 0 unspecified atom stereocenters. The first-order valence-corrected chi connectivity index (χ1v) is 12.3. The molecule has 7 nitrogen and oxygen atoms in total. The molecule has 194 valence electrons. The predicted molar refractivity (Wildman–Crippen MR) is 122 cm³/mol. The van der Waals surface area contributed by atoms with Crippen LogP contribution in [0.2, 0.25) is 5.02 Å². The number of alkyl halides is 5. The molecule has 1 saturated heterocycles. The van der Waals surface area contributed by atoms with E-state index in [0.29, 0.717) is 14.6 Å². The molecular formula is C22H19ClF5N3O4S. The fraction of sp³-hybridized carbons (Fsp3) is 0.318. The van der Waals surface area contributed by atoms with Gasteiger partial charge in [-0.1, -0.05) is 11.6 Å². The van der Waals surface area contributed by atoms with E-state index in [4.69, 9.17) is 16.3 Å². The number of nitrogens with zero attached hydrogens (tertiary/aromatic N) is 3. The largest absolute Gasteiger partial charge is 0.497 e. The van der Waals surface area contributed by atoms with Crippen LogP contribution in [0.25, 0.3) is 10.9 Å². The van der Waals surface area contributed by atoms with Gasteiger partial charge in [0.25, 0.3) is 16.4 Å². The Morgan fingerprint density at radius 3 is 2.19 bits per heavy atom. The van der Waals surface area contributed by atoms with Crippen molar-refractivity contribution in [1.82, 2.24) is 8.87 Å². The van der Waals surface area contributed by atoms with Crippen LogP contribution in [0, 0.1) is 0 Å². The summed E-state index contributed by atoms with van der Waals surface area (Å²) in [5.41, 5.74) is -0.560. The molecule has 1 amide bonds. The Hall–Kier alpha value is -3.06. The van der Waals surface area contributed by atoms with E-state index in [1.165, 1.54) is 48.4 Å². The topological polar surface area (TPSA) is 71.9 Å². The normalized spacial score (nSPS) is 15.1. The van der Waals surface area contributed by atoms with Crippen molar-refractivity contribution in [3.8, 4) is 5.75 Å². The lowest BCUT2D eigenvalue weighted by Crippen LogP contribution is -2.52. The molecule has 2 aromatic carbocycles. The van der Waals surface area contributed by atoms with Crippen molar-refractivity contribution in [2.45, 2.75) is 17.5 Å². The minimum absolute atomic E-state index is 0.0383. The minimum atomic E-state index is -5.03. The summed E-state index contributed by atoms with van der Waals surface area (Å²) >= 11 is 6.23. The number of anilines is 1. The zero-order chi connectivity index (χ0) is 26.4. The van der Waals surface area contributed by atoms with Crippen molar-refractivity contribution in [2.75, 3.05) is 38.2 Å². The summed E-state index contributed by atoms with van der Waals surface area (Å²) in [6.07, 6.45) is -7.27. The second-order valence-electron chi connectivity index (χ2n) is 7.96. The third kappa shape index (κ3) is 4.69. The van der Waals surface area contributed by atoms with Crippen molar-refractivity contribution in [3.05, 3.63) is 53.2 Å². The smallest absolute Gasteiger partial charge is 0.471 e. The van der Waals surface area contributed by atoms with Crippen LogP contribution in [0.3, 0.4) is 0 Å². The second-order valence-corrected chi connectivity index (χ2v) is 10.2. The standard InChI is InChI=1S/C22H19ClF5N3O4S/c1-35-14-2-4-15(5-3-14)36(33,34)31-12-16(20(24)25)19-17(10-13(23)11-18(19)31)29-6-8-30(9-7-29)21(32)22(26,27)28/h2-5,10-12,20H,6-9H2,1H3. The molecule has 0 radical (unpaired) electrons. The van der Waals surface area contributed by atoms with Crippen LogP contribution >= 0.6 is 11.6 Å². The maximum Gasteiger partial charge on any atom is 0.471 e. The van der Waals surface area contributed by atoms with Gasteiger partial charge in [-0.05, 0) is 36.4 Å². The molecule has 14 heteroatoms. The highest BCUT2D eigenvalue weighted by molar-refractivity contribution is 7.90. The zero-order valence-corrected chi connectivity index (χ0v) is 20.2. The number of fused-ring (bicyclic) bond motifs is 1. The van der Waals surface area contributed by atoms with Crippen LogP contribution in [-0.2, 0) is 14.8 Å². The highest BCUT2D eigenvalue weighted by Crippen LogP contribution is 2.40. The number of methoxy groups -OCH3 is 1. The fourth-order valence-corrected chi connectivity index (χ4v) is 5.68. The third-order valence-electron chi connectivity index (χ3n) is 5.85. The number of hydrogen-bond donors (Lipinski definition) is 0. The summed E-state index contributed by atoms with van der Waals surface area (Å²) in [6, 6.07) is 7.94. The minimum Gasteiger partial charge on any atom is -0.497 e. The lowest BCUT2D eigenvalue weighted by Gasteiger charge is -2.36. The zero-order valence-electron chi connectivity index (χ0n) is 18.6. The molecule has 1 aromatic heterocycles. The highest BCUT2D eigenvalue weighted by Gasteiger charge is 2.43. The number of hydrogen-bond acceptors (Lipinski definition) is 5. The molecule has 36 heavy (non-hydrogen) atoms. The van der Waals surface area contributed by atoms with Crippen molar-refractivity contribution in [1.29, 1.82) is 0 Å². The van der Waals surface area contributed by atoms with Crippen molar-refractivity contribution in [2.24, 2.45) is 0 Å². The van der Waals surface area contributed by atoms with E-state index >= 15 is 0 Å². The van der Waals surface area contributed by atoms with Crippen molar-refractivity contribution >= 4 is 44.1 Å². The SMILES string of the molecule is COc1ccc(S(=O)(=O)n2cc(C(F)F)c3c(N4CCN(C(=O)C(F)(F)F)CC4)cc(Cl)cc32)cc1. The summed E-state index contributed by atoms with van der Waals surface area (Å²) in [7, 11) is -2.93. The molecule has 4 rings (SSSR count). The summed E-state index contributed by atoms with van der Waals surface area (Å²) in [4.78, 5) is 13.5. The maximum absolute atomic E-state index is 14.1. The number of aromatic nitrogens is 1. The first-order chi connectivity index (χ1) is 16.8. The predicted octanol–water partition coefficient (Wildman–Crippen LogP) is 4.69. The molecule has 1 fully saturated rings.